The largest absolute Gasteiger partial charge is 0.416 e. The lowest BCUT2D eigenvalue weighted by atomic mass is 10.1. The fourth-order valence-electron chi connectivity index (χ4n) is 2.08. The van der Waals surface area contributed by atoms with Crippen molar-refractivity contribution >= 4 is 17.8 Å². The van der Waals surface area contributed by atoms with Crippen LogP contribution in [0.4, 0.5) is 18.0 Å². The molecule has 2 rings (SSSR count). The summed E-state index contributed by atoms with van der Waals surface area (Å²) in [6.45, 7) is 2.84. The maximum atomic E-state index is 12.7. The van der Waals surface area contributed by atoms with Gasteiger partial charge in [-0.15, -0.1) is 11.8 Å². The fourth-order valence-corrected chi connectivity index (χ4v) is 3.32. The van der Waals surface area contributed by atoms with Gasteiger partial charge in [-0.25, -0.2) is 4.79 Å². The van der Waals surface area contributed by atoms with Crippen LogP contribution in [0.25, 0.3) is 0 Å². The summed E-state index contributed by atoms with van der Waals surface area (Å²) in [7, 11) is 0. The minimum atomic E-state index is -4.37. The molecule has 2 amide bonds. The number of carbonyl (C=O) groups is 1. The molecule has 0 unspecified atom stereocenters. The number of urea groups is 1. The molecule has 3 nitrogen and oxygen atoms in total. The van der Waals surface area contributed by atoms with Gasteiger partial charge in [0.05, 0.1) is 5.56 Å². The van der Waals surface area contributed by atoms with Gasteiger partial charge in [-0.05, 0) is 24.6 Å². The molecule has 1 aliphatic rings. The zero-order valence-corrected chi connectivity index (χ0v) is 11.7. The average Bonchev–Trinajstić information content (AvgIpc) is 2.87. The van der Waals surface area contributed by atoms with Gasteiger partial charge in [-0.3, -0.25) is 0 Å². The molecule has 1 aromatic rings. The van der Waals surface area contributed by atoms with E-state index in [4.69, 9.17) is 0 Å². The second kappa shape index (κ2) is 5.95. The Morgan fingerprint density at radius 2 is 2.25 bits per heavy atom. The van der Waals surface area contributed by atoms with Crippen LogP contribution < -0.4 is 5.32 Å². The highest BCUT2D eigenvalue weighted by Gasteiger charge is 2.34. The molecule has 0 spiro atoms. The van der Waals surface area contributed by atoms with Gasteiger partial charge in [0.2, 0.25) is 0 Å². The van der Waals surface area contributed by atoms with Gasteiger partial charge in [0, 0.05) is 18.8 Å². The van der Waals surface area contributed by atoms with Crippen LogP contribution >= 0.6 is 11.8 Å². The summed E-state index contributed by atoms with van der Waals surface area (Å²) in [6, 6.07) is 4.94. The van der Waals surface area contributed by atoms with E-state index in [-0.39, 0.29) is 11.4 Å². The van der Waals surface area contributed by atoms with Crippen molar-refractivity contribution in [1.29, 1.82) is 0 Å². The van der Waals surface area contributed by atoms with Gasteiger partial charge >= 0.3 is 12.2 Å². The first-order chi connectivity index (χ1) is 9.43. The first-order valence-electron chi connectivity index (χ1n) is 6.26. The number of nitrogens with one attached hydrogen (secondary N) is 1. The Labute approximate surface area is 119 Å². The zero-order valence-electron chi connectivity index (χ0n) is 10.9. The summed E-state index contributed by atoms with van der Waals surface area (Å²) >= 11 is 1.47. The van der Waals surface area contributed by atoms with Crippen molar-refractivity contribution < 1.29 is 18.0 Å². The SMILES string of the molecule is CCNC(=O)N1CCS[C@H]1c1cccc(C(F)(F)F)c1. The Balaban J connectivity index is 2.24. The van der Waals surface area contributed by atoms with Crippen molar-refractivity contribution in [3.8, 4) is 0 Å². The molecule has 0 aromatic heterocycles. The molecule has 7 heteroatoms. The van der Waals surface area contributed by atoms with Gasteiger partial charge in [-0.1, -0.05) is 12.1 Å². The molecule has 0 aliphatic carbocycles. The molecule has 1 saturated heterocycles. The molecule has 0 bridgehead atoms. The Hall–Kier alpha value is -1.37. The van der Waals surface area contributed by atoms with Gasteiger partial charge in [0.25, 0.3) is 0 Å². The van der Waals surface area contributed by atoms with E-state index >= 15 is 0 Å². The van der Waals surface area contributed by atoms with Crippen molar-refractivity contribution in [2.45, 2.75) is 18.5 Å². The van der Waals surface area contributed by atoms with Crippen molar-refractivity contribution in [1.82, 2.24) is 10.2 Å². The fraction of sp³-hybridized carbons (Fsp3) is 0.462. The van der Waals surface area contributed by atoms with Gasteiger partial charge in [0.15, 0.2) is 0 Å². The molecule has 20 heavy (non-hydrogen) atoms. The number of hydrogen-bond donors (Lipinski definition) is 1. The molecule has 0 radical (unpaired) electrons. The molecule has 1 atom stereocenters. The number of alkyl halides is 3. The topological polar surface area (TPSA) is 32.3 Å². The molecular formula is C13H15F3N2OS. The quantitative estimate of drug-likeness (QED) is 0.907. The molecule has 110 valence electrons. The predicted molar refractivity (Wildman–Crippen MR) is 72.4 cm³/mol. The normalized spacial score (nSPS) is 19.2. The Morgan fingerprint density at radius 3 is 2.90 bits per heavy atom. The highest BCUT2D eigenvalue weighted by molar-refractivity contribution is 7.99. The van der Waals surface area contributed by atoms with Crippen molar-refractivity contribution in [2.75, 3.05) is 18.8 Å². The Morgan fingerprint density at radius 1 is 1.50 bits per heavy atom. The summed E-state index contributed by atoms with van der Waals surface area (Å²) in [5.74, 6) is 0.720. The molecule has 1 fully saturated rings. The van der Waals surface area contributed by atoms with Crippen LogP contribution in [0.3, 0.4) is 0 Å². The average molecular weight is 304 g/mol. The molecule has 0 saturated carbocycles. The number of rotatable bonds is 2. The lowest BCUT2D eigenvalue weighted by Gasteiger charge is -2.24. The van der Waals surface area contributed by atoms with Crippen LogP contribution in [-0.2, 0) is 6.18 Å². The molecule has 1 heterocycles. The van der Waals surface area contributed by atoms with Gasteiger partial charge in [0.1, 0.15) is 5.37 Å². The summed E-state index contributed by atoms with van der Waals surface area (Å²) in [5.41, 5.74) is -0.174. The standard InChI is InChI=1S/C13H15F3N2OS/c1-2-17-12(19)18-6-7-20-11(18)9-4-3-5-10(8-9)13(14,15)16/h3-5,8,11H,2,6-7H2,1H3,(H,17,19)/t11-/m0/s1. The van der Waals surface area contributed by atoms with Crippen molar-refractivity contribution in [3.05, 3.63) is 35.4 Å². The number of thioether (sulfide) groups is 1. The minimum Gasteiger partial charge on any atom is -0.338 e. The number of carbonyl (C=O) groups excluding carboxylic acids is 1. The summed E-state index contributed by atoms with van der Waals surface area (Å²) in [4.78, 5) is 13.5. The smallest absolute Gasteiger partial charge is 0.338 e. The highest BCUT2D eigenvalue weighted by Crippen LogP contribution is 2.39. The third-order valence-corrected chi connectivity index (χ3v) is 4.24. The highest BCUT2D eigenvalue weighted by atomic mass is 32.2. The van der Waals surface area contributed by atoms with Crippen LogP contribution in [-0.4, -0.2) is 29.8 Å². The van der Waals surface area contributed by atoms with E-state index in [9.17, 15) is 18.0 Å². The number of benzene rings is 1. The van der Waals surface area contributed by atoms with Crippen LogP contribution in [0.15, 0.2) is 24.3 Å². The van der Waals surface area contributed by atoms with Crippen LogP contribution in [0, 0.1) is 0 Å². The second-order valence-corrected chi connectivity index (χ2v) is 5.56. The van der Waals surface area contributed by atoms with E-state index in [0.29, 0.717) is 18.7 Å². The number of halogens is 3. The van der Waals surface area contributed by atoms with Crippen molar-refractivity contribution in [3.63, 3.8) is 0 Å². The predicted octanol–water partition coefficient (Wildman–Crippen LogP) is 3.48. The third kappa shape index (κ3) is 3.20. The molecule has 1 aliphatic heterocycles. The summed E-state index contributed by atoms with van der Waals surface area (Å²) in [6.07, 6.45) is -4.37. The molecular weight excluding hydrogens is 289 g/mol. The number of nitrogens with zero attached hydrogens (tertiary/aromatic N) is 1. The van der Waals surface area contributed by atoms with E-state index in [1.807, 2.05) is 0 Å². The van der Waals surface area contributed by atoms with Crippen LogP contribution in [0.1, 0.15) is 23.4 Å². The van der Waals surface area contributed by atoms with E-state index in [0.717, 1.165) is 17.9 Å². The summed E-state index contributed by atoms with van der Waals surface area (Å²) < 4.78 is 38.2. The van der Waals surface area contributed by atoms with E-state index in [2.05, 4.69) is 5.32 Å². The van der Waals surface area contributed by atoms with Crippen LogP contribution in [0.5, 0.6) is 0 Å². The lowest BCUT2D eigenvalue weighted by Crippen LogP contribution is -2.39. The van der Waals surface area contributed by atoms with E-state index < -0.39 is 11.7 Å². The van der Waals surface area contributed by atoms with Crippen LogP contribution in [0.2, 0.25) is 0 Å². The minimum absolute atomic E-state index is 0.236. The lowest BCUT2D eigenvalue weighted by molar-refractivity contribution is -0.137. The molecule has 1 N–H and O–H groups in total. The third-order valence-electron chi connectivity index (χ3n) is 2.98. The zero-order chi connectivity index (χ0) is 14.8. The van der Waals surface area contributed by atoms with Gasteiger partial charge < -0.3 is 10.2 Å². The maximum Gasteiger partial charge on any atom is 0.416 e. The maximum absolute atomic E-state index is 12.7. The van der Waals surface area contributed by atoms with E-state index in [1.165, 1.54) is 17.8 Å². The monoisotopic (exact) mass is 304 g/mol. The first kappa shape index (κ1) is 15.0. The second-order valence-electron chi connectivity index (χ2n) is 4.38. The molecule has 1 aromatic carbocycles. The number of hydrogen-bond acceptors (Lipinski definition) is 2. The van der Waals surface area contributed by atoms with E-state index in [1.54, 1.807) is 17.9 Å². The van der Waals surface area contributed by atoms with Gasteiger partial charge in [-0.2, -0.15) is 13.2 Å². The summed E-state index contributed by atoms with van der Waals surface area (Å²) in [5, 5.41) is 2.33. The first-order valence-corrected chi connectivity index (χ1v) is 7.31. The van der Waals surface area contributed by atoms with Crippen molar-refractivity contribution in [2.24, 2.45) is 0 Å². The Bertz CT molecular complexity index is 493. The Kier molecular flexibility index (Phi) is 4.47. The number of amides is 2.